The Hall–Kier alpha value is -3.63. The highest BCUT2D eigenvalue weighted by atomic mass is 35.5. The predicted molar refractivity (Wildman–Crippen MR) is 127 cm³/mol. The summed E-state index contributed by atoms with van der Waals surface area (Å²) in [4.78, 5) is 12.6. The molecule has 172 valence electrons. The first-order chi connectivity index (χ1) is 15.2. The average Bonchev–Trinajstić information content (AvgIpc) is 3.31. The molecule has 0 fully saturated rings. The Bertz CT molecular complexity index is 1380. The molecule has 1 amide bonds. The Labute approximate surface area is 197 Å². The molecule has 0 unspecified atom stereocenters. The van der Waals surface area contributed by atoms with Gasteiger partial charge in [-0.15, -0.1) is 12.4 Å². The summed E-state index contributed by atoms with van der Waals surface area (Å²) in [6.45, 7) is 5.55. The topological polar surface area (TPSA) is 119 Å². The van der Waals surface area contributed by atoms with E-state index in [1.165, 1.54) is 30.3 Å². The maximum Gasteiger partial charge on any atom is 0.263 e. The van der Waals surface area contributed by atoms with Crippen molar-refractivity contribution in [3.05, 3.63) is 83.4 Å². The van der Waals surface area contributed by atoms with Crippen molar-refractivity contribution in [2.24, 2.45) is 0 Å². The highest BCUT2D eigenvalue weighted by Crippen LogP contribution is 2.19. The molecule has 33 heavy (non-hydrogen) atoms. The Morgan fingerprint density at radius 1 is 0.970 bits per heavy atom. The van der Waals surface area contributed by atoms with Gasteiger partial charge in [-0.05, 0) is 75.4 Å². The number of aryl methyl sites for hydroxylation is 3. The van der Waals surface area contributed by atoms with E-state index in [0.29, 0.717) is 17.0 Å². The van der Waals surface area contributed by atoms with Crippen molar-refractivity contribution in [2.75, 3.05) is 10.0 Å². The maximum absolute atomic E-state index is 12.6. The van der Waals surface area contributed by atoms with Gasteiger partial charge in [0.15, 0.2) is 5.82 Å². The summed E-state index contributed by atoms with van der Waals surface area (Å²) in [7, 11) is -3.82. The molecular weight excluding hydrogens is 466 g/mol. The molecule has 0 aliphatic heterocycles. The molecule has 2 aromatic carbocycles. The van der Waals surface area contributed by atoms with E-state index in [1.54, 1.807) is 19.1 Å². The van der Waals surface area contributed by atoms with Gasteiger partial charge in [-0.3, -0.25) is 9.52 Å². The fraction of sp³-hybridized carbons (Fsp3) is 0.136. The van der Waals surface area contributed by atoms with E-state index in [4.69, 9.17) is 4.52 Å². The van der Waals surface area contributed by atoms with Crippen LogP contribution in [0.5, 0.6) is 0 Å². The molecule has 9 nitrogen and oxygen atoms in total. The number of halogens is 1. The standard InChI is InChI=1S/C22H21N5O4S.ClH/c1-14-12-15(2)27(24-14)19-8-4-17(5-9-19)22(28)23-18-6-10-20(11-7-18)32(29,30)26-21-13-16(3)31-25-21;/h4-13H,1-3H3,(H,23,28)(H,25,26);1H. The lowest BCUT2D eigenvalue weighted by atomic mass is 10.2. The van der Waals surface area contributed by atoms with E-state index in [2.05, 4.69) is 20.3 Å². The zero-order valence-electron chi connectivity index (χ0n) is 18.1. The van der Waals surface area contributed by atoms with E-state index in [0.717, 1.165) is 17.1 Å². The monoisotopic (exact) mass is 487 g/mol. The van der Waals surface area contributed by atoms with Gasteiger partial charge in [0.2, 0.25) is 0 Å². The number of rotatable bonds is 6. The molecule has 4 aromatic rings. The quantitative estimate of drug-likeness (QED) is 0.419. The lowest BCUT2D eigenvalue weighted by molar-refractivity contribution is 0.102. The molecular formula is C22H22ClN5O4S. The number of nitrogens with zero attached hydrogens (tertiary/aromatic N) is 3. The summed E-state index contributed by atoms with van der Waals surface area (Å²) >= 11 is 0. The minimum Gasteiger partial charge on any atom is -0.360 e. The second-order valence-corrected chi connectivity index (χ2v) is 8.97. The normalized spacial score (nSPS) is 11.0. The van der Waals surface area contributed by atoms with Crippen molar-refractivity contribution < 1.29 is 17.7 Å². The number of aromatic nitrogens is 3. The van der Waals surface area contributed by atoms with Crippen molar-refractivity contribution in [2.45, 2.75) is 25.7 Å². The SMILES string of the molecule is Cc1cc(C)n(-c2ccc(C(=O)Nc3ccc(S(=O)(=O)Nc4cc(C)on4)cc3)cc2)n1.Cl. The predicted octanol–water partition coefficient (Wildman–Crippen LogP) is 4.26. The number of anilines is 2. The fourth-order valence-electron chi connectivity index (χ4n) is 3.18. The van der Waals surface area contributed by atoms with Gasteiger partial charge in [0.25, 0.3) is 15.9 Å². The molecule has 2 aromatic heterocycles. The third kappa shape index (κ3) is 5.41. The number of hydrogen-bond acceptors (Lipinski definition) is 6. The summed E-state index contributed by atoms with van der Waals surface area (Å²) in [5.74, 6) is 0.282. The van der Waals surface area contributed by atoms with Gasteiger partial charge in [0.1, 0.15) is 5.76 Å². The minimum absolute atomic E-state index is 0. The number of benzene rings is 2. The lowest BCUT2D eigenvalue weighted by Crippen LogP contribution is -2.14. The van der Waals surface area contributed by atoms with Crippen LogP contribution in [0, 0.1) is 20.8 Å². The molecule has 0 bridgehead atoms. The molecule has 0 saturated carbocycles. The van der Waals surface area contributed by atoms with Crippen LogP contribution in [0.25, 0.3) is 5.69 Å². The van der Waals surface area contributed by atoms with Gasteiger partial charge in [-0.1, -0.05) is 5.16 Å². The summed E-state index contributed by atoms with van der Waals surface area (Å²) in [6, 6.07) is 16.4. The van der Waals surface area contributed by atoms with Crippen molar-refractivity contribution in [3.63, 3.8) is 0 Å². The third-order valence-corrected chi connectivity index (χ3v) is 6.04. The molecule has 0 saturated heterocycles. The van der Waals surface area contributed by atoms with Crippen LogP contribution in [-0.2, 0) is 10.0 Å². The highest BCUT2D eigenvalue weighted by Gasteiger charge is 2.16. The summed E-state index contributed by atoms with van der Waals surface area (Å²) < 4.78 is 33.9. The van der Waals surface area contributed by atoms with Crippen LogP contribution >= 0.6 is 12.4 Å². The van der Waals surface area contributed by atoms with E-state index in [-0.39, 0.29) is 29.0 Å². The van der Waals surface area contributed by atoms with Crippen LogP contribution in [0.4, 0.5) is 11.5 Å². The molecule has 0 aliphatic carbocycles. The number of amides is 1. The largest absolute Gasteiger partial charge is 0.360 e. The molecule has 4 rings (SSSR count). The van der Waals surface area contributed by atoms with Crippen LogP contribution < -0.4 is 10.0 Å². The van der Waals surface area contributed by atoms with Crippen molar-refractivity contribution >= 4 is 39.8 Å². The fourth-order valence-corrected chi connectivity index (χ4v) is 4.16. The second kappa shape index (κ2) is 9.47. The summed E-state index contributed by atoms with van der Waals surface area (Å²) in [6.07, 6.45) is 0. The van der Waals surface area contributed by atoms with Crippen molar-refractivity contribution in [1.82, 2.24) is 14.9 Å². The van der Waals surface area contributed by atoms with E-state index >= 15 is 0 Å². The number of carbonyl (C=O) groups is 1. The number of sulfonamides is 1. The molecule has 0 radical (unpaired) electrons. The van der Waals surface area contributed by atoms with Crippen LogP contribution in [0.3, 0.4) is 0 Å². The first-order valence-corrected chi connectivity index (χ1v) is 11.2. The molecule has 2 heterocycles. The Balaban J connectivity index is 0.00000306. The number of carbonyl (C=O) groups excluding carboxylic acids is 1. The third-order valence-electron chi connectivity index (χ3n) is 4.67. The zero-order valence-corrected chi connectivity index (χ0v) is 19.7. The van der Waals surface area contributed by atoms with Crippen LogP contribution in [-0.4, -0.2) is 29.3 Å². The number of hydrogen-bond donors (Lipinski definition) is 2. The van der Waals surface area contributed by atoms with E-state index in [9.17, 15) is 13.2 Å². The second-order valence-electron chi connectivity index (χ2n) is 7.29. The lowest BCUT2D eigenvalue weighted by Gasteiger charge is -2.09. The van der Waals surface area contributed by atoms with Crippen molar-refractivity contribution in [1.29, 1.82) is 0 Å². The van der Waals surface area contributed by atoms with Crippen LogP contribution in [0.2, 0.25) is 0 Å². The highest BCUT2D eigenvalue weighted by molar-refractivity contribution is 7.92. The average molecular weight is 488 g/mol. The van der Waals surface area contributed by atoms with Crippen molar-refractivity contribution in [3.8, 4) is 5.69 Å². The van der Waals surface area contributed by atoms with Gasteiger partial charge in [-0.2, -0.15) is 5.10 Å². The maximum atomic E-state index is 12.6. The molecule has 11 heteroatoms. The van der Waals surface area contributed by atoms with Gasteiger partial charge in [0, 0.05) is 23.0 Å². The first-order valence-electron chi connectivity index (χ1n) is 9.72. The molecule has 2 N–H and O–H groups in total. The van der Waals surface area contributed by atoms with Gasteiger partial charge in [0.05, 0.1) is 16.3 Å². The van der Waals surface area contributed by atoms with Crippen LogP contribution in [0.15, 0.2) is 70.1 Å². The Morgan fingerprint density at radius 3 is 2.18 bits per heavy atom. The summed E-state index contributed by atoms with van der Waals surface area (Å²) in [5, 5.41) is 10.8. The van der Waals surface area contributed by atoms with Gasteiger partial charge in [-0.25, -0.2) is 13.1 Å². The zero-order chi connectivity index (χ0) is 22.9. The molecule has 0 aliphatic rings. The Kier molecular flexibility index (Phi) is 6.89. The molecule has 0 atom stereocenters. The van der Waals surface area contributed by atoms with E-state index < -0.39 is 10.0 Å². The van der Waals surface area contributed by atoms with Crippen LogP contribution in [0.1, 0.15) is 27.5 Å². The first kappa shape index (κ1) is 24.0. The summed E-state index contributed by atoms with van der Waals surface area (Å²) in [5.41, 5.74) is 3.71. The number of nitrogens with one attached hydrogen (secondary N) is 2. The minimum atomic E-state index is -3.82. The smallest absolute Gasteiger partial charge is 0.263 e. The Morgan fingerprint density at radius 2 is 1.64 bits per heavy atom. The van der Waals surface area contributed by atoms with Gasteiger partial charge < -0.3 is 9.84 Å². The van der Waals surface area contributed by atoms with E-state index in [1.807, 2.05) is 36.7 Å². The van der Waals surface area contributed by atoms with Gasteiger partial charge >= 0.3 is 0 Å². The molecule has 0 spiro atoms.